The minimum absolute atomic E-state index is 0.268. The van der Waals surface area contributed by atoms with Gasteiger partial charge < -0.3 is 10.2 Å². The molecule has 0 saturated carbocycles. The molecule has 2 rings (SSSR count). The maximum Gasteiger partial charge on any atom is 0.124 e. The minimum atomic E-state index is -0.282. The van der Waals surface area contributed by atoms with Gasteiger partial charge in [-0.3, -0.25) is 4.90 Å². The first-order valence-electron chi connectivity index (χ1n) is 6.36. The zero-order valence-corrected chi connectivity index (χ0v) is 11.4. The fraction of sp³-hybridized carbons (Fsp3) is 0.250. The lowest BCUT2D eigenvalue weighted by Gasteiger charge is -2.15. The third kappa shape index (κ3) is 4.23. The van der Waals surface area contributed by atoms with Crippen LogP contribution in [0.5, 0.6) is 0 Å². The third-order valence-electron chi connectivity index (χ3n) is 2.75. The van der Waals surface area contributed by atoms with Crippen molar-refractivity contribution in [2.45, 2.75) is 13.1 Å². The van der Waals surface area contributed by atoms with Crippen LogP contribution in [-0.4, -0.2) is 18.5 Å². The van der Waals surface area contributed by atoms with Crippen LogP contribution in [0.15, 0.2) is 41.0 Å². The average Bonchev–Trinajstić information content (AvgIpc) is 2.88. The van der Waals surface area contributed by atoms with E-state index in [0.29, 0.717) is 18.7 Å². The third-order valence-corrected chi connectivity index (χ3v) is 2.75. The van der Waals surface area contributed by atoms with Crippen LogP contribution in [0.1, 0.15) is 16.9 Å². The first kappa shape index (κ1) is 14.3. The summed E-state index contributed by atoms with van der Waals surface area (Å²) in [6, 6.07) is 8.58. The number of furan rings is 1. The molecule has 0 atom stereocenters. The summed E-state index contributed by atoms with van der Waals surface area (Å²) >= 11 is 0. The number of nitrogens with two attached hydrogens (primary N) is 1. The van der Waals surface area contributed by atoms with Gasteiger partial charge in [-0.1, -0.05) is 11.8 Å². The van der Waals surface area contributed by atoms with E-state index in [1.807, 2.05) is 30.1 Å². The van der Waals surface area contributed by atoms with Crippen LogP contribution in [0.3, 0.4) is 0 Å². The Labute approximate surface area is 118 Å². The van der Waals surface area contributed by atoms with Crippen LogP contribution in [0.4, 0.5) is 4.39 Å². The minimum Gasteiger partial charge on any atom is -0.468 e. The summed E-state index contributed by atoms with van der Waals surface area (Å²) in [7, 11) is 1.96. The van der Waals surface area contributed by atoms with Crippen LogP contribution in [-0.2, 0) is 13.1 Å². The van der Waals surface area contributed by atoms with Crippen molar-refractivity contribution in [1.29, 1.82) is 0 Å². The second kappa shape index (κ2) is 6.90. The van der Waals surface area contributed by atoms with Crippen LogP contribution in [0, 0.1) is 17.7 Å². The zero-order valence-electron chi connectivity index (χ0n) is 11.4. The fourth-order valence-corrected chi connectivity index (χ4v) is 2.00. The van der Waals surface area contributed by atoms with E-state index in [0.717, 1.165) is 11.3 Å². The Morgan fingerprint density at radius 2 is 2.15 bits per heavy atom. The summed E-state index contributed by atoms with van der Waals surface area (Å²) in [6.45, 7) is 1.56. The summed E-state index contributed by atoms with van der Waals surface area (Å²) in [5.41, 5.74) is 6.85. The summed E-state index contributed by atoms with van der Waals surface area (Å²) in [6.07, 6.45) is 1.64. The number of halogens is 1. The molecule has 2 aromatic rings. The van der Waals surface area contributed by atoms with Gasteiger partial charge in [0.1, 0.15) is 11.6 Å². The van der Waals surface area contributed by atoms with E-state index in [4.69, 9.17) is 10.2 Å². The predicted octanol–water partition coefficient (Wildman–Crippen LogP) is 2.36. The van der Waals surface area contributed by atoms with Gasteiger partial charge in [0.2, 0.25) is 0 Å². The van der Waals surface area contributed by atoms with E-state index in [2.05, 4.69) is 11.8 Å². The van der Waals surface area contributed by atoms with Crippen molar-refractivity contribution in [3.05, 3.63) is 59.3 Å². The van der Waals surface area contributed by atoms with Crippen molar-refractivity contribution in [2.75, 3.05) is 13.6 Å². The fourth-order valence-electron chi connectivity index (χ4n) is 2.00. The molecule has 0 amide bonds. The molecule has 0 aliphatic heterocycles. The van der Waals surface area contributed by atoms with Gasteiger partial charge in [0.15, 0.2) is 0 Å². The van der Waals surface area contributed by atoms with Gasteiger partial charge >= 0.3 is 0 Å². The van der Waals surface area contributed by atoms with Crippen LogP contribution in [0.2, 0.25) is 0 Å². The topological polar surface area (TPSA) is 42.4 Å². The summed E-state index contributed by atoms with van der Waals surface area (Å²) < 4.78 is 18.8. The molecule has 0 saturated heterocycles. The molecule has 0 spiro atoms. The molecule has 2 N–H and O–H groups in total. The maximum absolute atomic E-state index is 13.5. The van der Waals surface area contributed by atoms with Crippen LogP contribution < -0.4 is 5.73 Å². The van der Waals surface area contributed by atoms with Crippen molar-refractivity contribution in [2.24, 2.45) is 5.73 Å². The Morgan fingerprint density at radius 3 is 2.85 bits per heavy atom. The smallest absolute Gasteiger partial charge is 0.124 e. The molecular weight excluding hydrogens is 255 g/mol. The molecule has 0 fully saturated rings. The second-order valence-corrected chi connectivity index (χ2v) is 4.61. The lowest BCUT2D eigenvalue weighted by Crippen LogP contribution is -2.17. The van der Waals surface area contributed by atoms with Gasteiger partial charge in [-0.25, -0.2) is 4.39 Å². The Morgan fingerprint density at radius 1 is 1.30 bits per heavy atom. The van der Waals surface area contributed by atoms with Gasteiger partial charge in [-0.2, -0.15) is 0 Å². The molecule has 1 aromatic heterocycles. The quantitative estimate of drug-likeness (QED) is 0.869. The predicted molar refractivity (Wildman–Crippen MR) is 76.2 cm³/mol. The van der Waals surface area contributed by atoms with E-state index >= 15 is 0 Å². The molecule has 0 radical (unpaired) electrons. The molecule has 20 heavy (non-hydrogen) atoms. The van der Waals surface area contributed by atoms with Crippen molar-refractivity contribution in [1.82, 2.24) is 4.90 Å². The van der Waals surface area contributed by atoms with Gasteiger partial charge in [-0.05, 0) is 42.9 Å². The van der Waals surface area contributed by atoms with Crippen molar-refractivity contribution in [3.63, 3.8) is 0 Å². The molecule has 0 bridgehead atoms. The highest BCUT2D eigenvalue weighted by Gasteiger charge is 2.06. The monoisotopic (exact) mass is 272 g/mol. The summed E-state index contributed by atoms with van der Waals surface area (Å²) in [5.74, 6) is 6.18. The van der Waals surface area contributed by atoms with Crippen molar-refractivity contribution in [3.8, 4) is 11.8 Å². The number of hydrogen-bond acceptors (Lipinski definition) is 3. The highest BCUT2D eigenvalue weighted by molar-refractivity contribution is 5.38. The molecule has 0 unspecified atom stereocenters. The molecule has 1 heterocycles. The Kier molecular flexibility index (Phi) is 4.94. The number of nitrogens with zero attached hydrogens (tertiary/aromatic N) is 1. The molecule has 104 valence electrons. The van der Waals surface area contributed by atoms with Crippen molar-refractivity contribution < 1.29 is 8.81 Å². The van der Waals surface area contributed by atoms with Gasteiger partial charge in [0.05, 0.1) is 19.4 Å². The SMILES string of the molecule is CN(Cc1cc(F)cc(C#CCN)c1)Cc1ccco1. The molecule has 1 aromatic carbocycles. The largest absolute Gasteiger partial charge is 0.468 e. The van der Waals surface area contributed by atoms with Crippen LogP contribution >= 0.6 is 0 Å². The highest BCUT2D eigenvalue weighted by atomic mass is 19.1. The van der Waals surface area contributed by atoms with E-state index in [9.17, 15) is 4.39 Å². The Balaban J connectivity index is 2.06. The van der Waals surface area contributed by atoms with Crippen LogP contribution in [0.25, 0.3) is 0 Å². The van der Waals surface area contributed by atoms with E-state index in [1.54, 1.807) is 6.26 Å². The lowest BCUT2D eigenvalue weighted by molar-refractivity contribution is 0.287. The summed E-state index contributed by atoms with van der Waals surface area (Å²) in [5, 5.41) is 0. The number of rotatable bonds is 4. The van der Waals surface area contributed by atoms with Gasteiger partial charge in [0, 0.05) is 12.1 Å². The normalized spacial score (nSPS) is 10.4. The molecule has 3 nitrogen and oxygen atoms in total. The number of benzene rings is 1. The first-order valence-corrected chi connectivity index (χ1v) is 6.36. The molecule has 0 aliphatic carbocycles. The Bertz CT molecular complexity index is 611. The second-order valence-electron chi connectivity index (χ2n) is 4.61. The van der Waals surface area contributed by atoms with Gasteiger partial charge in [-0.15, -0.1) is 0 Å². The lowest BCUT2D eigenvalue weighted by atomic mass is 10.1. The Hall–Kier alpha value is -2.09. The van der Waals surface area contributed by atoms with Crippen molar-refractivity contribution >= 4 is 0 Å². The van der Waals surface area contributed by atoms with Gasteiger partial charge in [0.25, 0.3) is 0 Å². The molecular formula is C16H17FN2O. The summed E-state index contributed by atoms with van der Waals surface area (Å²) in [4.78, 5) is 2.05. The molecule has 0 aliphatic rings. The van der Waals surface area contributed by atoms with E-state index in [-0.39, 0.29) is 12.4 Å². The average molecular weight is 272 g/mol. The highest BCUT2D eigenvalue weighted by Crippen LogP contribution is 2.12. The van der Waals surface area contributed by atoms with E-state index in [1.165, 1.54) is 12.1 Å². The van der Waals surface area contributed by atoms with E-state index < -0.39 is 0 Å². The zero-order chi connectivity index (χ0) is 14.4. The molecule has 4 heteroatoms. The number of hydrogen-bond donors (Lipinski definition) is 1. The first-order chi connectivity index (χ1) is 9.67. The maximum atomic E-state index is 13.5. The standard InChI is InChI=1S/C16H17FN2O/c1-19(12-16-5-3-7-20-16)11-14-8-13(4-2-6-18)9-15(17)10-14/h3,5,7-10H,6,11-12,18H2,1H3.